The number of aliphatic hydroxyl groups excluding tert-OH is 1. The van der Waals surface area contributed by atoms with Crippen molar-refractivity contribution in [2.24, 2.45) is 0 Å². The molecule has 9 heteroatoms. The molecule has 0 aromatic carbocycles. The van der Waals surface area contributed by atoms with Crippen molar-refractivity contribution in [3.63, 3.8) is 0 Å². The number of hydrogen-bond acceptors (Lipinski definition) is 6. The molecule has 0 fully saturated rings. The summed E-state index contributed by atoms with van der Waals surface area (Å²) < 4.78 is 23.2. The number of carbonyl (C=O) groups is 1. The Morgan fingerprint density at radius 1 is 0.630 bits per heavy atom. The molecule has 0 aromatic rings. The van der Waals surface area contributed by atoms with Crippen molar-refractivity contribution in [2.75, 3.05) is 40.9 Å². The maximum absolute atomic E-state index is 12.9. The number of phosphoric acid groups is 1. The van der Waals surface area contributed by atoms with Crippen LogP contribution in [0.1, 0.15) is 219 Å². The van der Waals surface area contributed by atoms with E-state index >= 15 is 0 Å². The highest BCUT2D eigenvalue weighted by Crippen LogP contribution is 2.38. The first-order valence-electron chi connectivity index (χ1n) is 23.1. The molecule has 0 aliphatic carbocycles. The number of quaternary nitrogens is 1. The summed E-state index contributed by atoms with van der Waals surface area (Å²) >= 11 is 0. The summed E-state index contributed by atoms with van der Waals surface area (Å²) in [6.07, 6.45) is 42.5. The smallest absolute Gasteiger partial charge is 0.268 e. The van der Waals surface area contributed by atoms with E-state index in [1.54, 1.807) is 6.08 Å². The van der Waals surface area contributed by atoms with Crippen molar-refractivity contribution >= 4 is 13.7 Å². The predicted molar refractivity (Wildman–Crippen MR) is 229 cm³/mol. The summed E-state index contributed by atoms with van der Waals surface area (Å²) in [6.45, 7) is 4.66. The second-order valence-corrected chi connectivity index (χ2v) is 18.5. The largest absolute Gasteiger partial charge is 0.756 e. The van der Waals surface area contributed by atoms with Gasteiger partial charge in [-0.3, -0.25) is 9.36 Å². The van der Waals surface area contributed by atoms with Crippen molar-refractivity contribution in [3.05, 3.63) is 12.2 Å². The minimum atomic E-state index is -4.58. The van der Waals surface area contributed by atoms with E-state index in [0.29, 0.717) is 17.4 Å². The fourth-order valence-electron chi connectivity index (χ4n) is 6.80. The molecule has 3 atom stereocenters. The Hall–Kier alpha value is -0.760. The van der Waals surface area contributed by atoms with E-state index in [0.717, 1.165) is 38.5 Å². The van der Waals surface area contributed by atoms with Crippen LogP contribution in [-0.4, -0.2) is 68.5 Å². The van der Waals surface area contributed by atoms with Gasteiger partial charge in [0.05, 0.1) is 39.9 Å². The third kappa shape index (κ3) is 39.5. The number of hydrogen-bond donors (Lipinski definition) is 2. The first-order chi connectivity index (χ1) is 26.0. The fourth-order valence-corrected chi connectivity index (χ4v) is 7.52. The minimum absolute atomic E-state index is 0.00219. The van der Waals surface area contributed by atoms with E-state index in [2.05, 4.69) is 19.2 Å². The topological polar surface area (TPSA) is 108 Å². The van der Waals surface area contributed by atoms with Crippen LogP contribution < -0.4 is 10.2 Å². The standard InChI is InChI=1S/C45H91N2O6P/c1-6-8-10-12-14-16-18-20-22-24-26-28-30-32-34-36-38-44(48)43(42-53-54(50,51)52-41-40-47(3,4)5)46-45(49)39-37-35-33-31-29-27-25-23-21-19-17-15-13-11-9-7-2/h36,38,43-44,48H,6-35,37,39-42H2,1-5H3,(H-,46,49,50,51)/b38-36+. The van der Waals surface area contributed by atoms with Crippen molar-refractivity contribution < 1.29 is 32.9 Å². The molecule has 0 saturated heterocycles. The zero-order valence-electron chi connectivity index (χ0n) is 36.4. The van der Waals surface area contributed by atoms with Gasteiger partial charge in [0.1, 0.15) is 13.2 Å². The highest BCUT2D eigenvalue weighted by atomic mass is 31.2. The molecule has 0 spiro atoms. The normalized spacial score (nSPS) is 14.4. The maximum Gasteiger partial charge on any atom is 0.268 e. The zero-order chi connectivity index (χ0) is 40.0. The Kier molecular flexibility index (Phi) is 37.3. The lowest BCUT2D eigenvalue weighted by atomic mass is 10.0. The van der Waals surface area contributed by atoms with Crippen LogP contribution >= 0.6 is 7.82 Å². The van der Waals surface area contributed by atoms with Crippen LogP contribution in [-0.2, 0) is 18.4 Å². The number of aliphatic hydroxyl groups is 1. The molecule has 8 nitrogen and oxygen atoms in total. The van der Waals surface area contributed by atoms with Gasteiger partial charge in [0.25, 0.3) is 7.82 Å². The SMILES string of the molecule is CCCCCCCCCCCCCCCC/C=C/C(O)C(COP(=O)([O-])OCC[N+](C)(C)C)NC(=O)CCCCCCCCCCCCCCCCCC. The number of rotatable bonds is 42. The third-order valence-electron chi connectivity index (χ3n) is 10.5. The van der Waals surface area contributed by atoms with Gasteiger partial charge < -0.3 is 28.8 Å². The van der Waals surface area contributed by atoms with Gasteiger partial charge in [0.2, 0.25) is 5.91 Å². The summed E-state index contributed by atoms with van der Waals surface area (Å²) in [5, 5.41) is 13.8. The second kappa shape index (κ2) is 37.8. The fraction of sp³-hybridized carbons (Fsp3) is 0.933. The van der Waals surface area contributed by atoms with Gasteiger partial charge in [-0.25, -0.2) is 0 Å². The van der Waals surface area contributed by atoms with Crippen LogP contribution in [0.4, 0.5) is 0 Å². The first kappa shape index (κ1) is 53.2. The molecule has 2 N–H and O–H groups in total. The molecule has 0 aromatic heterocycles. The molecule has 0 aliphatic rings. The molecular formula is C45H91N2O6P. The summed E-state index contributed by atoms with van der Waals surface area (Å²) in [5.74, 6) is -0.194. The van der Waals surface area contributed by atoms with E-state index in [1.165, 1.54) is 161 Å². The highest BCUT2D eigenvalue weighted by molar-refractivity contribution is 7.45. The van der Waals surface area contributed by atoms with Crippen molar-refractivity contribution in [3.8, 4) is 0 Å². The lowest BCUT2D eigenvalue weighted by Crippen LogP contribution is -2.45. The van der Waals surface area contributed by atoms with E-state index in [-0.39, 0.29) is 19.1 Å². The average molecular weight is 787 g/mol. The number of carbonyl (C=O) groups excluding carboxylic acids is 1. The van der Waals surface area contributed by atoms with E-state index in [1.807, 2.05) is 27.2 Å². The van der Waals surface area contributed by atoms with Crippen LogP contribution in [0.2, 0.25) is 0 Å². The molecule has 1 amide bonds. The summed E-state index contributed by atoms with van der Waals surface area (Å²) in [6, 6.07) is -0.879. The monoisotopic (exact) mass is 787 g/mol. The van der Waals surface area contributed by atoms with Crippen molar-refractivity contribution in [1.29, 1.82) is 0 Å². The molecule has 54 heavy (non-hydrogen) atoms. The van der Waals surface area contributed by atoms with E-state index < -0.39 is 20.0 Å². The molecule has 0 rings (SSSR count). The number of unbranched alkanes of at least 4 members (excludes halogenated alkanes) is 29. The zero-order valence-corrected chi connectivity index (χ0v) is 37.3. The summed E-state index contributed by atoms with van der Waals surface area (Å²) in [7, 11) is 1.27. The predicted octanol–water partition coefficient (Wildman–Crippen LogP) is 12.1. The van der Waals surface area contributed by atoms with Gasteiger partial charge >= 0.3 is 0 Å². The average Bonchev–Trinajstić information content (AvgIpc) is 3.12. The van der Waals surface area contributed by atoms with Gasteiger partial charge in [0.15, 0.2) is 0 Å². The number of nitrogens with one attached hydrogen (secondary N) is 1. The number of likely N-dealkylation sites (N-methyl/N-ethyl adjacent to an activating group) is 1. The maximum atomic E-state index is 12.9. The Bertz CT molecular complexity index is 896. The summed E-state index contributed by atoms with van der Waals surface area (Å²) in [5.41, 5.74) is 0. The van der Waals surface area contributed by atoms with E-state index in [9.17, 15) is 19.4 Å². The van der Waals surface area contributed by atoms with Gasteiger partial charge in [0, 0.05) is 6.42 Å². The molecule has 0 radical (unpaired) electrons. The number of amides is 1. The van der Waals surface area contributed by atoms with Crippen LogP contribution in [0.3, 0.4) is 0 Å². The molecule has 3 unspecified atom stereocenters. The van der Waals surface area contributed by atoms with Crippen LogP contribution in [0.15, 0.2) is 12.2 Å². The molecule has 322 valence electrons. The molecule has 0 bridgehead atoms. The molecular weight excluding hydrogens is 695 g/mol. The molecule has 0 aliphatic heterocycles. The number of phosphoric ester groups is 1. The van der Waals surface area contributed by atoms with Gasteiger partial charge in [-0.2, -0.15) is 0 Å². The van der Waals surface area contributed by atoms with Gasteiger partial charge in [-0.05, 0) is 19.3 Å². The summed E-state index contributed by atoms with van der Waals surface area (Å²) in [4.78, 5) is 25.3. The van der Waals surface area contributed by atoms with Crippen molar-refractivity contribution in [2.45, 2.75) is 231 Å². The number of allylic oxidation sites excluding steroid dienone is 1. The second-order valence-electron chi connectivity index (χ2n) is 17.1. The Balaban J connectivity index is 4.38. The first-order valence-corrected chi connectivity index (χ1v) is 24.5. The van der Waals surface area contributed by atoms with Crippen LogP contribution in [0.25, 0.3) is 0 Å². The van der Waals surface area contributed by atoms with E-state index in [4.69, 9.17) is 9.05 Å². The van der Waals surface area contributed by atoms with Crippen LogP contribution in [0, 0.1) is 0 Å². The third-order valence-corrected chi connectivity index (χ3v) is 11.5. The molecule has 0 saturated carbocycles. The highest BCUT2D eigenvalue weighted by Gasteiger charge is 2.23. The molecule has 0 heterocycles. The van der Waals surface area contributed by atoms with Crippen LogP contribution in [0.5, 0.6) is 0 Å². The van der Waals surface area contributed by atoms with Gasteiger partial charge in [-0.1, -0.05) is 206 Å². The Labute approximate surface area is 335 Å². The number of nitrogens with zero attached hydrogens (tertiary/aromatic N) is 1. The van der Waals surface area contributed by atoms with Crippen molar-refractivity contribution in [1.82, 2.24) is 5.32 Å². The van der Waals surface area contributed by atoms with Gasteiger partial charge in [-0.15, -0.1) is 0 Å². The minimum Gasteiger partial charge on any atom is -0.756 e. The Morgan fingerprint density at radius 2 is 1.00 bits per heavy atom. The lowest BCUT2D eigenvalue weighted by molar-refractivity contribution is -0.870. The Morgan fingerprint density at radius 3 is 1.39 bits per heavy atom. The lowest BCUT2D eigenvalue weighted by Gasteiger charge is -2.29. The quantitative estimate of drug-likeness (QED) is 0.0276.